The topological polar surface area (TPSA) is 21.3 Å². The molecule has 3 atom stereocenters. The first kappa shape index (κ1) is 14.3. The molecule has 0 bridgehead atoms. The number of ether oxygens (including phenoxy) is 1. The van der Waals surface area contributed by atoms with Gasteiger partial charge in [0.05, 0.1) is 0 Å². The lowest BCUT2D eigenvalue weighted by Crippen LogP contribution is -2.40. The van der Waals surface area contributed by atoms with Crippen LogP contribution in [0.15, 0.2) is 0 Å². The molecule has 2 heteroatoms. The number of hydrogen-bond acceptors (Lipinski definition) is 2. The summed E-state index contributed by atoms with van der Waals surface area (Å²) in [6.07, 6.45) is 5.67. The fourth-order valence-electron chi connectivity index (χ4n) is 3.87. The van der Waals surface area contributed by atoms with Crippen LogP contribution in [0.3, 0.4) is 0 Å². The highest BCUT2D eigenvalue weighted by molar-refractivity contribution is 5.05. The fraction of sp³-hybridized carbons (Fsp3) is 1.00. The highest BCUT2D eigenvalue weighted by Crippen LogP contribution is 2.62. The van der Waals surface area contributed by atoms with Crippen LogP contribution >= 0.6 is 0 Å². The lowest BCUT2D eigenvalue weighted by Gasteiger charge is -2.38. The molecule has 1 N–H and O–H groups in total. The van der Waals surface area contributed by atoms with E-state index in [1.54, 1.807) is 0 Å². The maximum atomic E-state index is 5.28. The highest BCUT2D eigenvalue weighted by Gasteiger charge is 2.55. The summed E-state index contributed by atoms with van der Waals surface area (Å²) in [5, 5.41) is 3.73. The van der Waals surface area contributed by atoms with Gasteiger partial charge >= 0.3 is 0 Å². The molecule has 0 saturated heterocycles. The highest BCUT2D eigenvalue weighted by atomic mass is 16.5. The first-order valence-electron chi connectivity index (χ1n) is 7.77. The Labute approximate surface area is 113 Å². The second-order valence-corrected chi connectivity index (χ2v) is 7.23. The first-order valence-corrected chi connectivity index (χ1v) is 7.77. The van der Waals surface area contributed by atoms with E-state index in [1.165, 1.54) is 32.2 Å². The molecular weight excluding hydrogens is 222 g/mol. The summed E-state index contributed by atoms with van der Waals surface area (Å²) in [7, 11) is 1.82. The van der Waals surface area contributed by atoms with Crippen LogP contribution in [0.2, 0.25) is 0 Å². The zero-order valence-electron chi connectivity index (χ0n) is 12.7. The molecule has 106 valence electrons. The van der Waals surface area contributed by atoms with Crippen molar-refractivity contribution in [2.75, 3.05) is 26.8 Å². The molecule has 0 spiro atoms. The molecule has 0 aromatic rings. The maximum absolute atomic E-state index is 5.28. The Kier molecular flexibility index (Phi) is 4.71. The molecule has 0 amide bonds. The Morgan fingerprint density at radius 3 is 2.44 bits per heavy atom. The van der Waals surface area contributed by atoms with E-state index in [0.717, 1.165) is 36.8 Å². The Morgan fingerprint density at radius 1 is 1.22 bits per heavy atom. The SMILES string of the molecule is COCCC(C)C1(CNCC(C)C)CC2CC2C1. The summed E-state index contributed by atoms with van der Waals surface area (Å²) in [5.41, 5.74) is 0.570. The van der Waals surface area contributed by atoms with Gasteiger partial charge in [0, 0.05) is 20.3 Å². The summed E-state index contributed by atoms with van der Waals surface area (Å²) in [6.45, 7) is 10.3. The van der Waals surface area contributed by atoms with Gasteiger partial charge in [0.15, 0.2) is 0 Å². The smallest absolute Gasteiger partial charge is 0.0465 e. The van der Waals surface area contributed by atoms with Crippen LogP contribution in [-0.2, 0) is 4.74 Å². The molecule has 0 aromatic carbocycles. The van der Waals surface area contributed by atoms with Crippen molar-refractivity contribution in [3.05, 3.63) is 0 Å². The largest absolute Gasteiger partial charge is 0.385 e. The Hall–Kier alpha value is -0.0800. The van der Waals surface area contributed by atoms with Crippen molar-refractivity contribution >= 4 is 0 Å². The van der Waals surface area contributed by atoms with Crippen molar-refractivity contribution in [3.8, 4) is 0 Å². The standard InChI is InChI=1S/C16H31NO/c1-12(2)10-17-11-16(13(3)5-6-18-4)8-14-7-15(14)9-16/h12-15,17H,5-11H2,1-4H3. The molecule has 3 unspecified atom stereocenters. The van der Waals surface area contributed by atoms with Crippen LogP contribution in [0.5, 0.6) is 0 Å². The van der Waals surface area contributed by atoms with Gasteiger partial charge in [-0.3, -0.25) is 0 Å². The average Bonchev–Trinajstić information content (AvgIpc) is 2.94. The normalized spacial score (nSPS) is 35.8. The van der Waals surface area contributed by atoms with Crippen LogP contribution < -0.4 is 5.32 Å². The van der Waals surface area contributed by atoms with Gasteiger partial charge in [0.2, 0.25) is 0 Å². The van der Waals surface area contributed by atoms with Gasteiger partial charge in [-0.05, 0) is 61.3 Å². The van der Waals surface area contributed by atoms with Gasteiger partial charge in [-0.25, -0.2) is 0 Å². The Morgan fingerprint density at radius 2 is 1.89 bits per heavy atom. The van der Waals surface area contributed by atoms with Gasteiger partial charge in [-0.15, -0.1) is 0 Å². The number of hydrogen-bond donors (Lipinski definition) is 1. The van der Waals surface area contributed by atoms with Crippen molar-refractivity contribution in [2.45, 2.75) is 46.5 Å². The van der Waals surface area contributed by atoms with Crippen LogP contribution in [0, 0.1) is 29.1 Å². The molecule has 0 aromatic heterocycles. The van der Waals surface area contributed by atoms with E-state index in [4.69, 9.17) is 4.74 Å². The molecule has 2 fully saturated rings. The third-order valence-electron chi connectivity index (χ3n) is 5.24. The van der Waals surface area contributed by atoms with E-state index in [-0.39, 0.29) is 0 Å². The Balaban J connectivity index is 1.86. The third-order valence-corrected chi connectivity index (χ3v) is 5.24. The monoisotopic (exact) mass is 253 g/mol. The predicted molar refractivity (Wildman–Crippen MR) is 76.6 cm³/mol. The third kappa shape index (κ3) is 3.27. The molecule has 2 aliphatic carbocycles. The maximum Gasteiger partial charge on any atom is 0.0465 e. The summed E-state index contributed by atoms with van der Waals surface area (Å²) in [5.74, 6) is 3.68. The summed E-state index contributed by atoms with van der Waals surface area (Å²) >= 11 is 0. The van der Waals surface area contributed by atoms with Crippen molar-refractivity contribution in [3.63, 3.8) is 0 Å². The number of methoxy groups -OCH3 is 1. The molecule has 18 heavy (non-hydrogen) atoms. The second kappa shape index (κ2) is 5.92. The van der Waals surface area contributed by atoms with E-state index in [2.05, 4.69) is 26.1 Å². The van der Waals surface area contributed by atoms with Crippen LogP contribution in [0.1, 0.15) is 46.5 Å². The van der Waals surface area contributed by atoms with Crippen molar-refractivity contribution < 1.29 is 4.74 Å². The van der Waals surface area contributed by atoms with Crippen molar-refractivity contribution in [1.82, 2.24) is 5.32 Å². The molecule has 2 saturated carbocycles. The Bertz CT molecular complexity index is 254. The molecule has 0 radical (unpaired) electrons. The number of rotatable bonds is 8. The molecule has 2 aliphatic rings. The molecule has 0 aliphatic heterocycles. The van der Waals surface area contributed by atoms with Gasteiger partial charge in [-0.1, -0.05) is 20.8 Å². The van der Waals surface area contributed by atoms with Crippen LogP contribution in [0.4, 0.5) is 0 Å². The lowest BCUT2D eigenvalue weighted by atomic mass is 9.71. The second-order valence-electron chi connectivity index (χ2n) is 7.23. The minimum absolute atomic E-state index is 0.570. The number of fused-ring (bicyclic) bond motifs is 1. The van der Waals surface area contributed by atoms with E-state index in [9.17, 15) is 0 Å². The fourth-order valence-corrected chi connectivity index (χ4v) is 3.87. The first-order chi connectivity index (χ1) is 8.57. The summed E-state index contributed by atoms with van der Waals surface area (Å²) in [4.78, 5) is 0. The van der Waals surface area contributed by atoms with Gasteiger partial charge in [0.1, 0.15) is 0 Å². The van der Waals surface area contributed by atoms with Gasteiger partial charge in [0.25, 0.3) is 0 Å². The predicted octanol–water partition coefficient (Wildman–Crippen LogP) is 3.32. The zero-order valence-corrected chi connectivity index (χ0v) is 12.7. The lowest BCUT2D eigenvalue weighted by molar-refractivity contribution is 0.103. The van der Waals surface area contributed by atoms with Crippen LogP contribution in [0.25, 0.3) is 0 Å². The minimum Gasteiger partial charge on any atom is -0.385 e. The van der Waals surface area contributed by atoms with E-state index in [1.807, 2.05) is 7.11 Å². The summed E-state index contributed by atoms with van der Waals surface area (Å²) in [6, 6.07) is 0. The number of nitrogens with one attached hydrogen (secondary N) is 1. The van der Waals surface area contributed by atoms with E-state index in [0.29, 0.717) is 5.41 Å². The summed E-state index contributed by atoms with van der Waals surface area (Å²) < 4.78 is 5.28. The molecule has 2 nitrogen and oxygen atoms in total. The molecule has 2 rings (SSSR count). The molecular formula is C16H31NO. The molecule has 0 heterocycles. The van der Waals surface area contributed by atoms with E-state index >= 15 is 0 Å². The minimum atomic E-state index is 0.570. The van der Waals surface area contributed by atoms with E-state index < -0.39 is 0 Å². The van der Waals surface area contributed by atoms with Crippen molar-refractivity contribution in [2.24, 2.45) is 29.1 Å². The zero-order chi connectivity index (χ0) is 13.2. The average molecular weight is 253 g/mol. The van der Waals surface area contributed by atoms with Crippen LogP contribution in [-0.4, -0.2) is 26.8 Å². The van der Waals surface area contributed by atoms with Gasteiger partial charge < -0.3 is 10.1 Å². The van der Waals surface area contributed by atoms with Gasteiger partial charge in [-0.2, -0.15) is 0 Å². The quantitative estimate of drug-likeness (QED) is 0.716. The van der Waals surface area contributed by atoms with Crippen molar-refractivity contribution in [1.29, 1.82) is 0 Å².